The first-order chi connectivity index (χ1) is 11.7. The molecule has 2 aliphatic carbocycles. The zero-order valence-corrected chi connectivity index (χ0v) is 15.5. The van der Waals surface area contributed by atoms with Gasteiger partial charge in [0, 0.05) is 6.04 Å². The predicted octanol–water partition coefficient (Wildman–Crippen LogP) is 5.15. The van der Waals surface area contributed by atoms with Crippen LogP contribution in [0.25, 0.3) is 0 Å². The molecular weight excluding hydrogens is 294 g/mol. The highest BCUT2D eigenvalue weighted by Gasteiger charge is 2.37. The van der Waals surface area contributed by atoms with Crippen molar-refractivity contribution in [3.8, 4) is 5.75 Å². The number of rotatable bonds is 3. The second kappa shape index (κ2) is 7.07. The van der Waals surface area contributed by atoms with Gasteiger partial charge in [-0.05, 0) is 81.5 Å². The van der Waals surface area contributed by atoms with Crippen LogP contribution in [0.15, 0.2) is 18.2 Å². The normalized spacial score (nSPS) is 31.8. The van der Waals surface area contributed by atoms with Gasteiger partial charge in [-0.25, -0.2) is 0 Å². The molecule has 3 aliphatic rings. The van der Waals surface area contributed by atoms with Crippen molar-refractivity contribution in [2.24, 2.45) is 11.8 Å². The number of piperidine rings is 1. The molecule has 2 saturated carbocycles. The molecule has 2 bridgehead atoms. The lowest BCUT2D eigenvalue weighted by Crippen LogP contribution is -2.44. The number of likely N-dealkylation sites (tertiary alicyclic amines) is 1. The molecule has 0 radical (unpaired) electrons. The summed E-state index contributed by atoms with van der Waals surface area (Å²) < 4.78 is 5.64. The van der Waals surface area contributed by atoms with Crippen LogP contribution in [-0.2, 0) is 0 Å². The molecule has 2 nitrogen and oxygen atoms in total. The van der Waals surface area contributed by atoms with E-state index in [2.05, 4.69) is 30.0 Å². The van der Waals surface area contributed by atoms with E-state index in [0.717, 1.165) is 23.6 Å². The van der Waals surface area contributed by atoms with Crippen molar-refractivity contribution in [3.05, 3.63) is 29.3 Å². The standard InChI is InChI=1S/C22H33NO/c1-16-6-9-22(24-2)20(14-16)18-10-12-23(13-11-18)21-5-3-4-17-7-8-19(21)15-17/h6,9,14,17-19,21H,3-5,7-8,10-13,15H2,1-2H3/t17-,19?,21-/m0/s1. The highest BCUT2D eigenvalue weighted by molar-refractivity contribution is 5.39. The number of aryl methyl sites for hydroxylation is 1. The van der Waals surface area contributed by atoms with Crippen LogP contribution in [0, 0.1) is 18.8 Å². The van der Waals surface area contributed by atoms with Crippen LogP contribution in [-0.4, -0.2) is 31.1 Å². The molecule has 0 amide bonds. The summed E-state index contributed by atoms with van der Waals surface area (Å²) in [6.07, 6.45) is 11.6. The van der Waals surface area contributed by atoms with Crippen LogP contribution < -0.4 is 4.74 Å². The molecule has 1 aromatic rings. The molecule has 1 aliphatic heterocycles. The molecule has 0 N–H and O–H groups in total. The van der Waals surface area contributed by atoms with Crippen LogP contribution in [0.3, 0.4) is 0 Å². The number of hydrogen-bond acceptors (Lipinski definition) is 2. The Morgan fingerprint density at radius 2 is 1.83 bits per heavy atom. The lowest BCUT2D eigenvalue weighted by atomic mass is 9.85. The molecule has 1 unspecified atom stereocenters. The van der Waals surface area contributed by atoms with Gasteiger partial charge in [-0.15, -0.1) is 0 Å². The van der Waals surface area contributed by atoms with Gasteiger partial charge in [-0.1, -0.05) is 37.0 Å². The molecule has 4 rings (SSSR count). The van der Waals surface area contributed by atoms with Gasteiger partial charge < -0.3 is 9.64 Å². The molecule has 2 heteroatoms. The van der Waals surface area contributed by atoms with Crippen molar-refractivity contribution >= 4 is 0 Å². The Balaban J connectivity index is 1.42. The van der Waals surface area contributed by atoms with Gasteiger partial charge in [-0.2, -0.15) is 0 Å². The van der Waals surface area contributed by atoms with Gasteiger partial charge in [0.25, 0.3) is 0 Å². The first kappa shape index (κ1) is 16.4. The number of fused-ring (bicyclic) bond motifs is 2. The molecule has 132 valence electrons. The number of ether oxygens (including phenoxy) is 1. The number of methoxy groups -OCH3 is 1. The van der Waals surface area contributed by atoms with Crippen LogP contribution in [0.2, 0.25) is 0 Å². The zero-order chi connectivity index (χ0) is 16.5. The molecule has 0 aromatic heterocycles. The third kappa shape index (κ3) is 3.22. The van der Waals surface area contributed by atoms with Crippen molar-refractivity contribution in [1.82, 2.24) is 4.90 Å². The van der Waals surface area contributed by atoms with Crippen molar-refractivity contribution in [2.45, 2.75) is 70.3 Å². The summed E-state index contributed by atoms with van der Waals surface area (Å²) in [5.74, 6) is 3.84. The summed E-state index contributed by atoms with van der Waals surface area (Å²) in [6.45, 7) is 4.77. The molecule has 1 aromatic carbocycles. The maximum atomic E-state index is 5.64. The Bertz CT molecular complexity index is 561. The highest BCUT2D eigenvalue weighted by atomic mass is 16.5. The first-order valence-electron chi connectivity index (χ1n) is 10.1. The van der Waals surface area contributed by atoms with Crippen LogP contribution >= 0.6 is 0 Å². The minimum atomic E-state index is 0.679. The van der Waals surface area contributed by atoms with E-state index < -0.39 is 0 Å². The van der Waals surface area contributed by atoms with Crippen molar-refractivity contribution in [2.75, 3.05) is 20.2 Å². The topological polar surface area (TPSA) is 12.5 Å². The average Bonchev–Trinajstić information content (AvgIpc) is 2.96. The smallest absolute Gasteiger partial charge is 0.122 e. The predicted molar refractivity (Wildman–Crippen MR) is 99.7 cm³/mol. The maximum Gasteiger partial charge on any atom is 0.122 e. The minimum Gasteiger partial charge on any atom is -0.496 e. The fraction of sp³-hybridized carbons (Fsp3) is 0.727. The van der Waals surface area contributed by atoms with Crippen LogP contribution in [0.1, 0.15) is 68.4 Å². The Kier molecular flexibility index (Phi) is 4.85. The van der Waals surface area contributed by atoms with Crippen molar-refractivity contribution in [3.63, 3.8) is 0 Å². The van der Waals surface area contributed by atoms with Gasteiger partial charge in [0.05, 0.1) is 7.11 Å². The van der Waals surface area contributed by atoms with Gasteiger partial charge in [0.1, 0.15) is 5.75 Å². The second-order valence-electron chi connectivity index (χ2n) is 8.49. The van der Waals surface area contributed by atoms with E-state index >= 15 is 0 Å². The summed E-state index contributed by atoms with van der Waals surface area (Å²) in [5.41, 5.74) is 2.80. The third-order valence-corrected chi connectivity index (χ3v) is 7.06. The summed E-state index contributed by atoms with van der Waals surface area (Å²) in [4.78, 5) is 2.86. The van der Waals surface area contributed by atoms with E-state index in [1.165, 1.54) is 75.6 Å². The lowest BCUT2D eigenvalue weighted by molar-refractivity contribution is 0.104. The summed E-state index contributed by atoms with van der Waals surface area (Å²) >= 11 is 0. The molecule has 0 spiro atoms. The Hall–Kier alpha value is -1.02. The first-order valence-corrected chi connectivity index (χ1v) is 10.1. The Morgan fingerprint density at radius 3 is 2.62 bits per heavy atom. The number of benzene rings is 1. The molecule has 1 heterocycles. The number of hydrogen-bond donors (Lipinski definition) is 0. The summed E-state index contributed by atoms with van der Waals surface area (Å²) in [7, 11) is 1.81. The van der Waals surface area contributed by atoms with E-state index in [1.54, 1.807) is 0 Å². The van der Waals surface area contributed by atoms with Crippen molar-refractivity contribution in [1.29, 1.82) is 0 Å². The van der Waals surface area contributed by atoms with E-state index in [-0.39, 0.29) is 0 Å². The largest absolute Gasteiger partial charge is 0.496 e. The SMILES string of the molecule is COc1ccc(C)cc1C1CCN([C@H]2CCC[C@H]3CCC2C3)CC1. The fourth-order valence-corrected chi connectivity index (χ4v) is 5.77. The van der Waals surface area contributed by atoms with Gasteiger partial charge in [0.2, 0.25) is 0 Å². The Labute approximate surface area is 147 Å². The van der Waals surface area contributed by atoms with Crippen molar-refractivity contribution < 1.29 is 4.74 Å². The van der Waals surface area contributed by atoms with E-state index in [9.17, 15) is 0 Å². The van der Waals surface area contributed by atoms with E-state index in [0.29, 0.717) is 5.92 Å². The summed E-state index contributed by atoms with van der Waals surface area (Å²) in [5, 5.41) is 0. The summed E-state index contributed by atoms with van der Waals surface area (Å²) in [6, 6.07) is 7.56. The number of nitrogens with zero attached hydrogens (tertiary/aromatic N) is 1. The molecule has 3 fully saturated rings. The highest BCUT2D eigenvalue weighted by Crippen LogP contribution is 2.44. The third-order valence-electron chi connectivity index (χ3n) is 7.06. The molecule has 3 atom stereocenters. The zero-order valence-electron chi connectivity index (χ0n) is 15.5. The van der Waals surface area contributed by atoms with Gasteiger partial charge in [-0.3, -0.25) is 0 Å². The lowest BCUT2D eigenvalue weighted by Gasteiger charge is -2.40. The van der Waals surface area contributed by atoms with Gasteiger partial charge >= 0.3 is 0 Å². The fourth-order valence-electron chi connectivity index (χ4n) is 5.77. The second-order valence-corrected chi connectivity index (χ2v) is 8.49. The van der Waals surface area contributed by atoms with Crippen LogP contribution in [0.5, 0.6) is 5.75 Å². The minimum absolute atomic E-state index is 0.679. The monoisotopic (exact) mass is 327 g/mol. The average molecular weight is 328 g/mol. The van der Waals surface area contributed by atoms with Crippen LogP contribution in [0.4, 0.5) is 0 Å². The quantitative estimate of drug-likeness (QED) is 0.761. The molecular formula is C22H33NO. The van der Waals surface area contributed by atoms with Gasteiger partial charge in [0.15, 0.2) is 0 Å². The maximum absolute atomic E-state index is 5.64. The Morgan fingerprint density at radius 1 is 1.00 bits per heavy atom. The molecule has 1 saturated heterocycles. The van der Waals surface area contributed by atoms with E-state index in [4.69, 9.17) is 4.74 Å². The molecule has 24 heavy (non-hydrogen) atoms. The van der Waals surface area contributed by atoms with E-state index in [1.807, 2.05) is 7.11 Å².